The number of ether oxygens (including phenoxy) is 2. The summed E-state index contributed by atoms with van der Waals surface area (Å²) >= 11 is 0. The fraction of sp³-hybridized carbons (Fsp3) is 0.300. The second kappa shape index (κ2) is 8.76. The highest BCUT2D eigenvalue weighted by Gasteiger charge is 2.61. The normalized spacial score (nSPS) is 14.0. The fourth-order valence-electron chi connectivity index (χ4n) is 2.85. The van der Waals surface area contributed by atoms with Gasteiger partial charge >= 0.3 is 12.4 Å². The van der Waals surface area contributed by atoms with E-state index in [1.807, 2.05) is 0 Å². The number of halogens is 6. The van der Waals surface area contributed by atoms with E-state index in [-0.39, 0.29) is 11.5 Å². The largest absolute Gasteiger partial charge is 0.497 e. The maximum Gasteiger partial charge on any atom is 0.400 e. The molecule has 0 aliphatic heterocycles. The minimum Gasteiger partial charge on any atom is -0.497 e. The number of carbonyl (C=O) groups excluding carboxylic acids is 2. The lowest BCUT2D eigenvalue weighted by Gasteiger charge is -2.29. The summed E-state index contributed by atoms with van der Waals surface area (Å²) in [5.41, 5.74) is -1.26. The van der Waals surface area contributed by atoms with E-state index in [1.54, 1.807) is 0 Å². The number of alkyl halides is 6. The summed E-state index contributed by atoms with van der Waals surface area (Å²) in [6, 6.07) is 8.17. The van der Waals surface area contributed by atoms with E-state index in [0.29, 0.717) is 0 Å². The van der Waals surface area contributed by atoms with Crippen molar-refractivity contribution in [3.05, 3.63) is 59.7 Å². The molecule has 0 saturated heterocycles. The van der Waals surface area contributed by atoms with E-state index in [4.69, 9.17) is 9.47 Å². The molecule has 0 radical (unpaired) electrons. The van der Waals surface area contributed by atoms with Crippen LogP contribution in [0.5, 0.6) is 11.5 Å². The molecule has 0 bridgehead atoms. The summed E-state index contributed by atoms with van der Waals surface area (Å²) in [5.74, 6) is -10.6. The van der Waals surface area contributed by atoms with Crippen molar-refractivity contribution in [1.29, 1.82) is 0 Å². The Hall–Kier alpha value is -3.04. The summed E-state index contributed by atoms with van der Waals surface area (Å²) in [7, 11) is 2.53. The third-order valence-electron chi connectivity index (χ3n) is 4.35. The zero-order chi connectivity index (χ0) is 22.7. The molecule has 4 nitrogen and oxygen atoms in total. The van der Waals surface area contributed by atoms with Gasteiger partial charge in [0, 0.05) is 11.1 Å². The SMILES string of the molecule is COc1ccc(C(=O)C(C(C(=O)c2ccc(OC)cc2)C(F)(F)F)C(F)(F)F)cc1. The van der Waals surface area contributed by atoms with E-state index in [9.17, 15) is 35.9 Å². The van der Waals surface area contributed by atoms with Gasteiger partial charge < -0.3 is 9.47 Å². The first-order valence-corrected chi connectivity index (χ1v) is 8.40. The van der Waals surface area contributed by atoms with Crippen LogP contribution in [0.25, 0.3) is 0 Å². The lowest BCUT2D eigenvalue weighted by atomic mass is 9.80. The molecule has 0 fully saturated rings. The first-order chi connectivity index (χ1) is 13.9. The van der Waals surface area contributed by atoms with E-state index < -0.39 is 46.9 Å². The monoisotopic (exact) mass is 434 g/mol. The van der Waals surface area contributed by atoms with Crippen LogP contribution in [0.2, 0.25) is 0 Å². The second-order valence-electron chi connectivity index (χ2n) is 6.22. The summed E-state index contributed by atoms with van der Waals surface area (Å²) in [6.07, 6.45) is -11.3. The molecule has 0 aliphatic carbocycles. The van der Waals surface area contributed by atoms with Crippen molar-refractivity contribution >= 4 is 11.6 Å². The number of ketones is 2. The Kier molecular flexibility index (Phi) is 6.79. The van der Waals surface area contributed by atoms with Crippen LogP contribution in [0.1, 0.15) is 20.7 Å². The molecule has 2 rings (SSSR count). The molecule has 0 aromatic heterocycles. The number of Topliss-reactive ketones (excluding diaryl/α,β-unsaturated/α-hetero) is 2. The Morgan fingerprint density at radius 3 is 1.10 bits per heavy atom. The second-order valence-corrected chi connectivity index (χ2v) is 6.22. The van der Waals surface area contributed by atoms with Crippen LogP contribution >= 0.6 is 0 Å². The number of benzene rings is 2. The van der Waals surface area contributed by atoms with Gasteiger partial charge in [-0.1, -0.05) is 0 Å². The molecular weight excluding hydrogens is 418 g/mol. The average molecular weight is 434 g/mol. The number of hydrogen-bond acceptors (Lipinski definition) is 4. The van der Waals surface area contributed by atoms with Crippen LogP contribution in [-0.2, 0) is 0 Å². The smallest absolute Gasteiger partial charge is 0.400 e. The molecule has 0 saturated carbocycles. The van der Waals surface area contributed by atoms with E-state index in [0.717, 1.165) is 48.5 Å². The van der Waals surface area contributed by atoms with Crippen molar-refractivity contribution in [2.75, 3.05) is 14.2 Å². The molecule has 2 atom stereocenters. The van der Waals surface area contributed by atoms with Gasteiger partial charge in [0.15, 0.2) is 11.6 Å². The fourth-order valence-corrected chi connectivity index (χ4v) is 2.85. The predicted octanol–water partition coefficient (Wildman–Crippen LogP) is 5.13. The minimum absolute atomic E-state index is 0.191. The van der Waals surface area contributed by atoms with Crippen molar-refractivity contribution < 1.29 is 45.4 Å². The van der Waals surface area contributed by atoms with Crippen LogP contribution in [0.3, 0.4) is 0 Å². The van der Waals surface area contributed by atoms with E-state index in [1.165, 1.54) is 14.2 Å². The van der Waals surface area contributed by atoms with E-state index >= 15 is 0 Å². The lowest BCUT2D eigenvalue weighted by molar-refractivity contribution is -0.227. The third-order valence-corrected chi connectivity index (χ3v) is 4.35. The molecule has 0 amide bonds. The first-order valence-electron chi connectivity index (χ1n) is 8.40. The molecule has 0 aliphatic rings. The Morgan fingerprint density at radius 2 is 0.900 bits per heavy atom. The summed E-state index contributed by atoms with van der Waals surface area (Å²) in [5, 5.41) is 0. The van der Waals surface area contributed by atoms with Crippen LogP contribution in [0, 0.1) is 11.8 Å². The Balaban J connectivity index is 2.54. The van der Waals surface area contributed by atoms with Crippen molar-refractivity contribution in [2.45, 2.75) is 12.4 Å². The van der Waals surface area contributed by atoms with Crippen molar-refractivity contribution in [3.8, 4) is 11.5 Å². The average Bonchev–Trinajstić information content (AvgIpc) is 2.69. The van der Waals surface area contributed by atoms with Gasteiger partial charge in [-0.15, -0.1) is 0 Å². The molecule has 2 unspecified atom stereocenters. The molecule has 2 aromatic carbocycles. The molecule has 162 valence electrons. The van der Waals surface area contributed by atoms with Crippen LogP contribution in [-0.4, -0.2) is 38.1 Å². The molecule has 0 heterocycles. The highest BCUT2D eigenvalue weighted by atomic mass is 19.4. The summed E-state index contributed by atoms with van der Waals surface area (Å²) < 4.78 is 91.6. The van der Waals surface area contributed by atoms with Crippen LogP contribution in [0.4, 0.5) is 26.3 Å². The third kappa shape index (κ3) is 5.11. The van der Waals surface area contributed by atoms with Gasteiger partial charge in [-0.3, -0.25) is 9.59 Å². The van der Waals surface area contributed by atoms with Crippen LogP contribution < -0.4 is 9.47 Å². The Bertz CT molecular complexity index is 810. The zero-order valence-electron chi connectivity index (χ0n) is 15.7. The molecule has 0 N–H and O–H groups in total. The van der Waals surface area contributed by atoms with Gasteiger partial charge in [-0.05, 0) is 48.5 Å². The Labute approximate surface area is 167 Å². The van der Waals surface area contributed by atoms with Gasteiger partial charge in [0.25, 0.3) is 0 Å². The Morgan fingerprint density at radius 1 is 0.633 bits per heavy atom. The topological polar surface area (TPSA) is 52.6 Å². The van der Waals surface area contributed by atoms with E-state index in [2.05, 4.69) is 0 Å². The maximum absolute atomic E-state index is 13.7. The van der Waals surface area contributed by atoms with Gasteiger partial charge in [-0.25, -0.2) is 0 Å². The van der Waals surface area contributed by atoms with Gasteiger partial charge in [0.05, 0.1) is 14.2 Å². The highest BCUT2D eigenvalue weighted by Crippen LogP contribution is 2.44. The van der Waals surface area contributed by atoms with Crippen molar-refractivity contribution in [1.82, 2.24) is 0 Å². The number of methoxy groups -OCH3 is 2. The minimum atomic E-state index is -5.63. The van der Waals surface area contributed by atoms with Gasteiger partial charge in [0.2, 0.25) is 0 Å². The summed E-state index contributed by atoms with van der Waals surface area (Å²) in [4.78, 5) is 25.0. The standard InChI is InChI=1S/C20H16F6O4/c1-29-13-7-3-11(4-8-13)17(27)15(19(21,22)23)16(20(24,25)26)18(28)12-5-9-14(30-2)10-6-12/h3-10,15-16H,1-2H3. The molecule has 10 heteroatoms. The molecule has 0 spiro atoms. The first kappa shape index (κ1) is 23.2. The van der Waals surface area contributed by atoms with Crippen LogP contribution in [0.15, 0.2) is 48.5 Å². The van der Waals surface area contributed by atoms with Crippen molar-refractivity contribution in [3.63, 3.8) is 0 Å². The predicted molar refractivity (Wildman–Crippen MR) is 93.7 cm³/mol. The van der Waals surface area contributed by atoms with Gasteiger partial charge in [-0.2, -0.15) is 26.3 Å². The van der Waals surface area contributed by atoms with Crippen molar-refractivity contribution in [2.24, 2.45) is 11.8 Å². The number of carbonyl (C=O) groups is 2. The lowest BCUT2D eigenvalue weighted by Crippen LogP contribution is -2.47. The molecule has 2 aromatic rings. The highest BCUT2D eigenvalue weighted by molar-refractivity contribution is 6.05. The summed E-state index contributed by atoms with van der Waals surface area (Å²) in [6.45, 7) is 0. The number of hydrogen-bond donors (Lipinski definition) is 0. The van der Waals surface area contributed by atoms with Gasteiger partial charge in [0.1, 0.15) is 23.3 Å². The number of rotatable bonds is 7. The molecule has 30 heavy (non-hydrogen) atoms. The quantitative estimate of drug-likeness (QED) is 0.448. The zero-order valence-corrected chi connectivity index (χ0v) is 15.7. The maximum atomic E-state index is 13.7. The molecular formula is C20H16F6O4.